The summed E-state index contributed by atoms with van der Waals surface area (Å²) in [6.07, 6.45) is 6.37. The van der Waals surface area contributed by atoms with Gasteiger partial charge in [-0.1, -0.05) is 25.1 Å². The molecule has 104 valence electrons. The minimum atomic E-state index is -0.192. The molecule has 3 rings (SSSR count). The maximum Gasteiger partial charge on any atom is 0.169 e. The van der Waals surface area contributed by atoms with Gasteiger partial charge in [-0.3, -0.25) is 9.78 Å². The number of hydrogen-bond donors (Lipinski definition) is 1. The fraction of sp³-hybridized carbons (Fsp3) is 0.412. The molecule has 1 aliphatic heterocycles. The molecule has 1 aromatic carbocycles. The Balaban J connectivity index is 2.08. The molecular formula is C17H20N2O. The second-order valence-electron chi connectivity index (χ2n) is 5.62. The van der Waals surface area contributed by atoms with Crippen LogP contribution in [0.2, 0.25) is 0 Å². The van der Waals surface area contributed by atoms with Crippen LogP contribution in [0.3, 0.4) is 0 Å². The van der Waals surface area contributed by atoms with E-state index in [1.807, 2.05) is 30.5 Å². The van der Waals surface area contributed by atoms with Gasteiger partial charge in [-0.05, 0) is 43.8 Å². The first-order valence-electron chi connectivity index (χ1n) is 7.35. The number of carbonyl (C=O) groups excluding carboxylic acids is 1. The Bertz CT molecular complexity index is 624. The van der Waals surface area contributed by atoms with Crippen molar-refractivity contribution >= 4 is 16.6 Å². The van der Waals surface area contributed by atoms with Gasteiger partial charge in [0.05, 0.1) is 0 Å². The lowest BCUT2D eigenvalue weighted by Crippen LogP contribution is -2.41. The highest BCUT2D eigenvalue weighted by Gasteiger charge is 2.38. The van der Waals surface area contributed by atoms with Gasteiger partial charge in [0.25, 0.3) is 0 Å². The molecule has 3 nitrogen and oxygen atoms in total. The zero-order valence-electron chi connectivity index (χ0n) is 11.9. The summed E-state index contributed by atoms with van der Waals surface area (Å²) in [4.78, 5) is 17.3. The number of hydrogen-bond acceptors (Lipinski definition) is 3. The monoisotopic (exact) mass is 268 g/mol. The molecule has 1 saturated heterocycles. The first-order chi connectivity index (χ1) is 9.77. The van der Waals surface area contributed by atoms with Gasteiger partial charge >= 0.3 is 0 Å². The van der Waals surface area contributed by atoms with Crippen LogP contribution in [0, 0.1) is 5.41 Å². The lowest BCUT2D eigenvalue weighted by Gasteiger charge is -2.35. The Morgan fingerprint density at radius 2 is 2.10 bits per heavy atom. The summed E-state index contributed by atoms with van der Waals surface area (Å²) < 4.78 is 0. The topological polar surface area (TPSA) is 42.0 Å². The molecule has 1 fully saturated rings. The summed E-state index contributed by atoms with van der Waals surface area (Å²) in [5.74, 6) is 0.304. The predicted octanol–water partition coefficient (Wildman–Crippen LogP) is 3.20. The van der Waals surface area contributed by atoms with Crippen molar-refractivity contribution in [2.75, 3.05) is 13.1 Å². The van der Waals surface area contributed by atoms with E-state index in [2.05, 4.69) is 17.2 Å². The third-order valence-electron chi connectivity index (χ3n) is 4.64. The van der Waals surface area contributed by atoms with Crippen LogP contribution in [0.4, 0.5) is 0 Å². The maximum absolute atomic E-state index is 13.1. The van der Waals surface area contributed by atoms with Gasteiger partial charge < -0.3 is 5.32 Å². The normalized spacial score (nSPS) is 18.1. The third kappa shape index (κ3) is 2.12. The van der Waals surface area contributed by atoms with Crippen LogP contribution in [-0.4, -0.2) is 23.9 Å². The van der Waals surface area contributed by atoms with Gasteiger partial charge in [0.1, 0.15) is 0 Å². The predicted molar refractivity (Wildman–Crippen MR) is 80.9 cm³/mol. The number of piperidine rings is 1. The van der Waals surface area contributed by atoms with Crippen LogP contribution in [-0.2, 0) is 0 Å². The summed E-state index contributed by atoms with van der Waals surface area (Å²) in [7, 11) is 0. The van der Waals surface area contributed by atoms with Gasteiger partial charge in [-0.15, -0.1) is 0 Å². The lowest BCUT2D eigenvalue weighted by atomic mass is 9.71. The highest BCUT2D eigenvalue weighted by atomic mass is 16.1. The fourth-order valence-corrected chi connectivity index (χ4v) is 3.25. The molecular weight excluding hydrogens is 248 g/mol. The Morgan fingerprint density at radius 1 is 1.30 bits per heavy atom. The first kappa shape index (κ1) is 13.3. The first-order valence-corrected chi connectivity index (χ1v) is 7.35. The van der Waals surface area contributed by atoms with E-state index in [-0.39, 0.29) is 5.41 Å². The van der Waals surface area contributed by atoms with Crippen molar-refractivity contribution in [2.24, 2.45) is 5.41 Å². The molecule has 1 aromatic heterocycles. The number of pyridine rings is 1. The van der Waals surface area contributed by atoms with E-state index in [0.717, 1.165) is 48.7 Å². The molecule has 0 amide bonds. The number of fused-ring (bicyclic) bond motifs is 1. The molecule has 20 heavy (non-hydrogen) atoms. The Labute approximate surface area is 119 Å². The molecule has 2 heterocycles. The van der Waals surface area contributed by atoms with Crippen LogP contribution < -0.4 is 5.32 Å². The number of ketones is 1. The molecule has 0 atom stereocenters. The van der Waals surface area contributed by atoms with Crippen LogP contribution in [0.5, 0.6) is 0 Å². The van der Waals surface area contributed by atoms with Crippen LogP contribution in [0.15, 0.2) is 36.7 Å². The number of carbonyl (C=O) groups is 1. The van der Waals surface area contributed by atoms with E-state index in [9.17, 15) is 4.79 Å². The fourth-order valence-electron chi connectivity index (χ4n) is 3.25. The van der Waals surface area contributed by atoms with Gasteiger partial charge in [-0.2, -0.15) is 0 Å². The SMILES string of the molecule is CCC1(C(=O)c2cccc3cnccc23)CCNCC1. The van der Waals surface area contributed by atoms with E-state index in [4.69, 9.17) is 0 Å². The van der Waals surface area contributed by atoms with E-state index < -0.39 is 0 Å². The Morgan fingerprint density at radius 3 is 2.85 bits per heavy atom. The van der Waals surface area contributed by atoms with Gasteiger partial charge in [0.2, 0.25) is 0 Å². The third-order valence-corrected chi connectivity index (χ3v) is 4.64. The summed E-state index contributed by atoms with van der Waals surface area (Å²) in [5.41, 5.74) is 0.664. The molecule has 2 aromatic rings. The molecule has 0 radical (unpaired) electrons. The van der Waals surface area contributed by atoms with Crippen molar-refractivity contribution in [3.05, 3.63) is 42.2 Å². The smallest absolute Gasteiger partial charge is 0.169 e. The minimum Gasteiger partial charge on any atom is -0.317 e. The number of aromatic nitrogens is 1. The van der Waals surface area contributed by atoms with E-state index in [1.165, 1.54) is 0 Å². The van der Waals surface area contributed by atoms with Gasteiger partial charge in [-0.25, -0.2) is 0 Å². The minimum absolute atomic E-state index is 0.192. The molecule has 0 bridgehead atoms. The molecule has 0 aliphatic carbocycles. The molecule has 3 heteroatoms. The van der Waals surface area contributed by atoms with Crippen molar-refractivity contribution in [3.63, 3.8) is 0 Å². The van der Waals surface area contributed by atoms with E-state index in [0.29, 0.717) is 5.78 Å². The van der Waals surface area contributed by atoms with Crippen molar-refractivity contribution in [3.8, 4) is 0 Å². The average molecular weight is 268 g/mol. The van der Waals surface area contributed by atoms with Gasteiger partial charge in [0, 0.05) is 28.8 Å². The summed E-state index contributed by atoms with van der Waals surface area (Å²) >= 11 is 0. The summed E-state index contributed by atoms with van der Waals surface area (Å²) in [5, 5.41) is 5.42. The second-order valence-corrected chi connectivity index (χ2v) is 5.62. The highest BCUT2D eigenvalue weighted by molar-refractivity contribution is 6.10. The molecule has 1 N–H and O–H groups in total. The zero-order valence-corrected chi connectivity index (χ0v) is 11.9. The van der Waals surface area contributed by atoms with E-state index >= 15 is 0 Å². The van der Waals surface area contributed by atoms with Crippen molar-refractivity contribution < 1.29 is 4.79 Å². The lowest BCUT2D eigenvalue weighted by molar-refractivity contribution is 0.0719. The number of nitrogens with zero attached hydrogens (tertiary/aromatic N) is 1. The maximum atomic E-state index is 13.1. The second kappa shape index (κ2) is 5.33. The van der Waals surface area contributed by atoms with Crippen molar-refractivity contribution in [2.45, 2.75) is 26.2 Å². The molecule has 0 saturated carbocycles. The molecule has 0 unspecified atom stereocenters. The average Bonchev–Trinajstić information content (AvgIpc) is 2.54. The Kier molecular flexibility index (Phi) is 3.53. The standard InChI is InChI=1S/C17H20N2O/c1-2-17(7-10-18-11-8-17)16(20)15-5-3-4-13-12-19-9-6-14(13)15/h3-6,9,12,18H,2,7-8,10-11H2,1H3. The highest BCUT2D eigenvalue weighted by Crippen LogP contribution is 2.37. The molecule has 0 spiro atoms. The Hall–Kier alpha value is -1.74. The number of rotatable bonds is 3. The number of nitrogens with one attached hydrogen (secondary N) is 1. The number of benzene rings is 1. The van der Waals surface area contributed by atoms with Crippen LogP contribution in [0.1, 0.15) is 36.5 Å². The number of Topliss-reactive ketones (excluding diaryl/α,β-unsaturated/α-hetero) is 1. The van der Waals surface area contributed by atoms with Gasteiger partial charge in [0.15, 0.2) is 5.78 Å². The zero-order chi connectivity index (χ0) is 14.0. The quantitative estimate of drug-likeness (QED) is 0.869. The largest absolute Gasteiger partial charge is 0.317 e. The summed E-state index contributed by atoms with van der Waals surface area (Å²) in [6, 6.07) is 7.89. The van der Waals surface area contributed by atoms with E-state index in [1.54, 1.807) is 6.20 Å². The molecule has 1 aliphatic rings. The van der Waals surface area contributed by atoms with Crippen molar-refractivity contribution in [1.29, 1.82) is 0 Å². The van der Waals surface area contributed by atoms with Crippen LogP contribution >= 0.6 is 0 Å². The summed E-state index contributed by atoms with van der Waals surface area (Å²) in [6.45, 7) is 4.01. The van der Waals surface area contributed by atoms with Crippen LogP contribution in [0.25, 0.3) is 10.8 Å². The van der Waals surface area contributed by atoms with Crippen molar-refractivity contribution in [1.82, 2.24) is 10.3 Å².